The molecule has 11 heavy (non-hydrogen) atoms. The predicted molar refractivity (Wildman–Crippen MR) is 46.1 cm³/mol. The fourth-order valence-electron chi connectivity index (χ4n) is 2.04. The van der Waals surface area contributed by atoms with Crippen molar-refractivity contribution in [2.75, 3.05) is 0 Å². The van der Waals surface area contributed by atoms with Crippen molar-refractivity contribution in [3.05, 3.63) is 0 Å². The fourth-order valence-corrected chi connectivity index (χ4v) is 2.04. The van der Waals surface area contributed by atoms with E-state index in [0.717, 1.165) is 12.8 Å². The Morgan fingerprint density at radius 3 is 2.27 bits per heavy atom. The molecule has 0 saturated heterocycles. The standard InChI is InChI=1S/C8H17BO2/c1-6-4-3-5-8(7(6)2)9(10)11/h6-8,10-11H,3-5H2,1-2H3. The van der Waals surface area contributed by atoms with Gasteiger partial charge in [-0.15, -0.1) is 0 Å². The zero-order valence-corrected chi connectivity index (χ0v) is 7.33. The van der Waals surface area contributed by atoms with Crippen molar-refractivity contribution in [1.29, 1.82) is 0 Å². The molecule has 0 amide bonds. The molecule has 64 valence electrons. The van der Waals surface area contributed by atoms with E-state index in [1.54, 1.807) is 0 Å². The average molecular weight is 156 g/mol. The molecule has 0 spiro atoms. The van der Waals surface area contributed by atoms with Crippen LogP contribution in [-0.2, 0) is 0 Å². The van der Waals surface area contributed by atoms with Crippen molar-refractivity contribution >= 4 is 7.12 Å². The van der Waals surface area contributed by atoms with Gasteiger partial charge in [0.15, 0.2) is 0 Å². The van der Waals surface area contributed by atoms with Crippen molar-refractivity contribution < 1.29 is 10.0 Å². The summed E-state index contributed by atoms with van der Waals surface area (Å²) in [7, 11) is -1.10. The lowest BCUT2D eigenvalue weighted by Crippen LogP contribution is -2.31. The van der Waals surface area contributed by atoms with Crippen molar-refractivity contribution in [3.8, 4) is 0 Å². The van der Waals surface area contributed by atoms with Crippen molar-refractivity contribution in [2.24, 2.45) is 11.8 Å². The van der Waals surface area contributed by atoms with Gasteiger partial charge in [-0.25, -0.2) is 0 Å². The van der Waals surface area contributed by atoms with Gasteiger partial charge in [-0.05, 0) is 17.7 Å². The zero-order valence-electron chi connectivity index (χ0n) is 7.33. The van der Waals surface area contributed by atoms with Crippen LogP contribution in [-0.4, -0.2) is 17.2 Å². The van der Waals surface area contributed by atoms with Crippen molar-refractivity contribution in [3.63, 3.8) is 0 Å². The van der Waals surface area contributed by atoms with Gasteiger partial charge in [0.2, 0.25) is 0 Å². The molecular formula is C8H17BO2. The van der Waals surface area contributed by atoms with E-state index in [1.165, 1.54) is 6.42 Å². The third-order valence-corrected chi connectivity index (χ3v) is 3.15. The van der Waals surface area contributed by atoms with Gasteiger partial charge in [0.05, 0.1) is 0 Å². The molecule has 3 atom stereocenters. The first-order valence-corrected chi connectivity index (χ1v) is 4.49. The molecule has 0 aromatic rings. The normalized spacial score (nSPS) is 38.7. The van der Waals surface area contributed by atoms with Crippen LogP contribution in [0.5, 0.6) is 0 Å². The summed E-state index contributed by atoms with van der Waals surface area (Å²) < 4.78 is 0. The highest BCUT2D eigenvalue weighted by Gasteiger charge is 2.34. The molecule has 0 heterocycles. The van der Waals surface area contributed by atoms with Crippen LogP contribution in [0.15, 0.2) is 0 Å². The number of hydrogen-bond acceptors (Lipinski definition) is 2. The monoisotopic (exact) mass is 156 g/mol. The predicted octanol–water partition coefficient (Wildman–Crippen LogP) is 1.29. The molecule has 0 aromatic heterocycles. The summed E-state index contributed by atoms with van der Waals surface area (Å²) in [4.78, 5) is 0. The molecule has 3 heteroatoms. The molecule has 0 radical (unpaired) electrons. The molecule has 0 bridgehead atoms. The third kappa shape index (κ3) is 1.97. The summed E-state index contributed by atoms with van der Waals surface area (Å²) in [5.41, 5.74) is 0. The highest BCUT2D eigenvalue weighted by atomic mass is 16.4. The zero-order chi connectivity index (χ0) is 8.43. The summed E-state index contributed by atoms with van der Waals surface area (Å²) in [5, 5.41) is 18.0. The Labute approximate surface area is 68.8 Å². The first kappa shape index (κ1) is 9.08. The molecule has 0 aromatic carbocycles. The molecule has 2 N–H and O–H groups in total. The topological polar surface area (TPSA) is 40.5 Å². The quantitative estimate of drug-likeness (QED) is 0.561. The van der Waals surface area contributed by atoms with E-state index in [2.05, 4.69) is 13.8 Å². The maximum Gasteiger partial charge on any atom is 0.455 e. The molecular weight excluding hydrogens is 139 g/mol. The third-order valence-electron chi connectivity index (χ3n) is 3.15. The summed E-state index contributed by atoms with van der Waals surface area (Å²) in [6.07, 6.45) is 3.36. The largest absolute Gasteiger partial charge is 0.455 e. The minimum Gasteiger partial charge on any atom is -0.427 e. The molecule has 3 unspecified atom stereocenters. The summed E-state index contributed by atoms with van der Waals surface area (Å²) in [5.74, 6) is 1.22. The average Bonchev–Trinajstić information content (AvgIpc) is 1.94. The molecule has 1 rings (SSSR count). The Morgan fingerprint density at radius 1 is 1.18 bits per heavy atom. The van der Waals surface area contributed by atoms with Crippen LogP contribution in [0.2, 0.25) is 5.82 Å². The van der Waals surface area contributed by atoms with E-state index in [0.29, 0.717) is 11.8 Å². The van der Waals surface area contributed by atoms with E-state index in [4.69, 9.17) is 10.0 Å². The summed E-state index contributed by atoms with van der Waals surface area (Å²) in [6, 6.07) is 0. The number of hydrogen-bond donors (Lipinski definition) is 2. The van der Waals surface area contributed by atoms with Gasteiger partial charge in [-0.1, -0.05) is 33.1 Å². The van der Waals surface area contributed by atoms with E-state index >= 15 is 0 Å². The minimum atomic E-state index is -1.10. The van der Waals surface area contributed by atoms with E-state index < -0.39 is 7.12 Å². The van der Waals surface area contributed by atoms with Crippen LogP contribution in [0.4, 0.5) is 0 Å². The molecule has 1 aliphatic rings. The maximum atomic E-state index is 9.02. The second-order valence-electron chi connectivity index (χ2n) is 3.84. The van der Waals surface area contributed by atoms with Gasteiger partial charge in [0.1, 0.15) is 0 Å². The van der Waals surface area contributed by atoms with Gasteiger partial charge < -0.3 is 10.0 Å². The van der Waals surface area contributed by atoms with Gasteiger partial charge in [-0.3, -0.25) is 0 Å². The first-order chi connectivity index (χ1) is 5.13. The molecule has 1 fully saturated rings. The van der Waals surface area contributed by atoms with Crippen LogP contribution in [0, 0.1) is 11.8 Å². The first-order valence-electron chi connectivity index (χ1n) is 4.49. The van der Waals surface area contributed by atoms with E-state index in [1.807, 2.05) is 0 Å². The van der Waals surface area contributed by atoms with Crippen molar-refractivity contribution in [2.45, 2.75) is 38.9 Å². The Morgan fingerprint density at radius 2 is 1.82 bits per heavy atom. The van der Waals surface area contributed by atoms with E-state index in [9.17, 15) is 0 Å². The fraction of sp³-hybridized carbons (Fsp3) is 1.00. The molecule has 0 aliphatic heterocycles. The smallest absolute Gasteiger partial charge is 0.427 e. The van der Waals surface area contributed by atoms with Crippen LogP contribution in [0.1, 0.15) is 33.1 Å². The molecule has 1 aliphatic carbocycles. The second kappa shape index (κ2) is 3.59. The van der Waals surface area contributed by atoms with Gasteiger partial charge >= 0.3 is 7.12 Å². The van der Waals surface area contributed by atoms with Crippen LogP contribution >= 0.6 is 0 Å². The van der Waals surface area contributed by atoms with Crippen LogP contribution in [0.3, 0.4) is 0 Å². The van der Waals surface area contributed by atoms with Crippen LogP contribution in [0.25, 0.3) is 0 Å². The molecule has 2 nitrogen and oxygen atoms in total. The lowest BCUT2D eigenvalue weighted by molar-refractivity contribution is 0.237. The Kier molecular flexibility index (Phi) is 2.96. The Hall–Kier alpha value is -0.0151. The van der Waals surface area contributed by atoms with Gasteiger partial charge in [0.25, 0.3) is 0 Å². The lowest BCUT2D eigenvalue weighted by Gasteiger charge is -2.33. The Balaban J connectivity index is 2.51. The second-order valence-corrected chi connectivity index (χ2v) is 3.84. The van der Waals surface area contributed by atoms with Gasteiger partial charge in [-0.2, -0.15) is 0 Å². The maximum absolute atomic E-state index is 9.02. The highest BCUT2D eigenvalue weighted by Crippen LogP contribution is 2.38. The number of rotatable bonds is 1. The Bertz CT molecular complexity index is 127. The van der Waals surface area contributed by atoms with Crippen molar-refractivity contribution in [1.82, 2.24) is 0 Å². The summed E-state index contributed by atoms with van der Waals surface area (Å²) in [6.45, 7) is 4.31. The van der Waals surface area contributed by atoms with Crippen LogP contribution < -0.4 is 0 Å². The minimum absolute atomic E-state index is 0.110. The molecule has 1 saturated carbocycles. The van der Waals surface area contributed by atoms with E-state index in [-0.39, 0.29) is 5.82 Å². The SMILES string of the molecule is CC1CCCC(B(O)O)C1C. The highest BCUT2D eigenvalue weighted by molar-refractivity contribution is 6.43. The summed E-state index contributed by atoms with van der Waals surface area (Å²) >= 11 is 0. The lowest BCUT2D eigenvalue weighted by atomic mass is 9.58. The van der Waals surface area contributed by atoms with Gasteiger partial charge in [0, 0.05) is 0 Å².